The van der Waals surface area contributed by atoms with Crippen LogP contribution in [0.15, 0.2) is 91.0 Å². The maximum atomic E-state index is 4.25. The highest BCUT2D eigenvalue weighted by Crippen LogP contribution is 2.43. The van der Waals surface area contributed by atoms with Crippen molar-refractivity contribution in [1.29, 1.82) is 0 Å². The minimum Gasteiger partial charge on any atom is -0.388 e. The Balaban J connectivity index is 0.00000162. The first-order chi connectivity index (χ1) is 18.6. The van der Waals surface area contributed by atoms with Crippen LogP contribution < -0.4 is 0 Å². The fourth-order valence-electron chi connectivity index (χ4n) is 4.79. The summed E-state index contributed by atoms with van der Waals surface area (Å²) in [7, 11) is 6.50. The normalized spacial score (nSPS) is 13.6. The summed E-state index contributed by atoms with van der Waals surface area (Å²) < 4.78 is 8.50. The van der Waals surface area contributed by atoms with Gasteiger partial charge in [-0.3, -0.25) is 0 Å². The average Bonchev–Trinajstić information content (AvgIpc) is 2.98. The van der Waals surface area contributed by atoms with Crippen molar-refractivity contribution in [2.24, 2.45) is 0 Å². The van der Waals surface area contributed by atoms with Crippen molar-refractivity contribution in [2.45, 2.75) is 96.8 Å². The molecule has 0 heterocycles. The summed E-state index contributed by atoms with van der Waals surface area (Å²) in [5.41, 5.74) is 4.94. The van der Waals surface area contributed by atoms with Crippen molar-refractivity contribution in [3.05, 3.63) is 108 Å². The van der Waals surface area contributed by atoms with Gasteiger partial charge in [0.2, 0.25) is 0 Å². The molecule has 0 bridgehead atoms. The number of hydrogen-bond donors (Lipinski definition) is 0. The van der Waals surface area contributed by atoms with E-state index in [1.54, 1.807) is 28.4 Å². The van der Waals surface area contributed by atoms with Crippen LogP contribution in [-0.2, 0) is 25.7 Å². The molecule has 39 heavy (non-hydrogen) atoms. The quantitative estimate of drug-likeness (QED) is 0.257. The SMILES string of the molecule is CC.CCC(C)(CCC(C)(CCC(C)(C)c1ccccc1)c1ccccc1)c1ccccc1.COC.COC. The molecule has 3 aromatic rings. The van der Waals surface area contributed by atoms with E-state index in [2.05, 4.69) is 135 Å². The molecule has 0 spiro atoms. The van der Waals surface area contributed by atoms with E-state index in [0.717, 1.165) is 6.42 Å². The Hall–Kier alpha value is -2.42. The molecule has 2 atom stereocenters. The van der Waals surface area contributed by atoms with E-state index in [4.69, 9.17) is 0 Å². The maximum Gasteiger partial charge on any atom is 0.0351 e. The summed E-state index contributed by atoms with van der Waals surface area (Å²) in [6, 6.07) is 33.3. The van der Waals surface area contributed by atoms with E-state index in [9.17, 15) is 0 Å². The second kappa shape index (κ2) is 19.6. The summed E-state index contributed by atoms with van der Waals surface area (Å²) in [5.74, 6) is 0. The Morgan fingerprint density at radius 3 is 1.10 bits per heavy atom. The first kappa shape index (κ1) is 36.6. The van der Waals surface area contributed by atoms with Crippen molar-refractivity contribution in [1.82, 2.24) is 0 Å². The molecule has 0 saturated carbocycles. The van der Waals surface area contributed by atoms with E-state index >= 15 is 0 Å². The van der Waals surface area contributed by atoms with Crippen molar-refractivity contribution in [2.75, 3.05) is 28.4 Å². The summed E-state index contributed by atoms with van der Waals surface area (Å²) in [4.78, 5) is 0. The highest BCUT2D eigenvalue weighted by atomic mass is 16.5. The van der Waals surface area contributed by atoms with Gasteiger partial charge in [0.15, 0.2) is 0 Å². The fourth-order valence-corrected chi connectivity index (χ4v) is 4.79. The summed E-state index contributed by atoms with van der Waals surface area (Å²) in [6.07, 6.45) is 5.92. The second-order valence-electron chi connectivity index (χ2n) is 11.3. The van der Waals surface area contributed by atoms with Crippen molar-refractivity contribution in [3.63, 3.8) is 0 Å². The minimum absolute atomic E-state index is 0.165. The van der Waals surface area contributed by atoms with Crippen LogP contribution >= 0.6 is 0 Å². The molecule has 0 saturated heterocycles. The van der Waals surface area contributed by atoms with Crippen LogP contribution in [0, 0.1) is 0 Å². The van der Waals surface area contributed by atoms with E-state index in [-0.39, 0.29) is 16.2 Å². The fraction of sp³-hybridized carbons (Fsp3) is 0.514. The lowest BCUT2D eigenvalue weighted by atomic mass is 9.66. The molecular weight excluding hydrogens is 476 g/mol. The molecule has 0 aliphatic heterocycles. The molecule has 218 valence electrons. The van der Waals surface area contributed by atoms with E-state index in [0.29, 0.717) is 0 Å². The molecule has 0 radical (unpaired) electrons. The monoisotopic (exact) mass is 534 g/mol. The topological polar surface area (TPSA) is 18.5 Å². The van der Waals surface area contributed by atoms with Crippen molar-refractivity contribution >= 4 is 0 Å². The van der Waals surface area contributed by atoms with Gasteiger partial charge in [-0.25, -0.2) is 0 Å². The average molecular weight is 535 g/mol. The van der Waals surface area contributed by atoms with Crippen LogP contribution in [0.2, 0.25) is 0 Å². The highest BCUT2D eigenvalue weighted by Gasteiger charge is 2.34. The largest absolute Gasteiger partial charge is 0.388 e. The lowest BCUT2D eigenvalue weighted by Crippen LogP contribution is -2.30. The summed E-state index contributed by atoms with van der Waals surface area (Å²) >= 11 is 0. The number of benzene rings is 3. The zero-order chi connectivity index (χ0) is 29.8. The molecular formula is C37H58O2. The van der Waals surface area contributed by atoms with E-state index in [1.807, 2.05) is 13.8 Å². The van der Waals surface area contributed by atoms with E-state index in [1.165, 1.54) is 42.4 Å². The van der Waals surface area contributed by atoms with Crippen molar-refractivity contribution < 1.29 is 9.47 Å². The molecule has 0 fully saturated rings. The third-order valence-electron chi connectivity index (χ3n) is 7.81. The Morgan fingerprint density at radius 2 is 0.744 bits per heavy atom. The maximum absolute atomic E-state index is 4.25. The van der Waals surface area contributed by atoms with Crippen LogP contribution in [0.1, 0.15) is 97.3 Å². The first-order valence-corrected chi connectivity index (χ1v) is 14.6. The Kier molecular flexibility index (Phi) is 18.4. The van der Waals surface area contributed by atoms with Gasteiger partial charge in [0.05, 0.1) is 0 Å². The third kappa shape index (κ3) is 12.5. The molecule has 2 nitrogen and oxygen atoms in total. The predicted molar refractivity (Wildman–Crippen MR) is 173 cm³/mol. The molecule has 3 rings (SSSR count). The number of rotatable bonds is 10. The van der Waals surface area contributed by atoms with Gasteiger partial charge < -0.3 is 9.47 Å². The highest BCUT2D eigenvalue weighted by molar-refractivity contribution is 5.28. The Morgan fingerprint density at radius 1 is 0.462 bits per heavy atom. The zero-order valence-corrected chi connectivity index (χ0v) is 27.0. The standard InChI is InChI=1S/C31H40.2C2H6O.C2H6/c1-6-30(4,27-18-12-8-13-19-27)24-25-31(5,28-20-14-9-15-21-28)23-22-29(2,3)26-16-10-7-11-17-26;2*1-3-2;1-2/h7-21H,6,22-25H2,1-5H3;2*1-2H3;1-2H3. The van der Waals surface area contributed by atoms with Gasteiger partial charge in [0.1, 0.15) is 0 Å². The van der Waals surface area contributed by atoms with Gasteiger partial charge in [-0.05, 0) is 65.0 Å². The molecule has 0 aliphatic rings. The lowest BCUT2D eigenvalue weighted by molar-refractivity contribution is 0.277. The number of hydrogen-bond acceptors (Lipinski definition) is 2. The van der Waals surface area contributed by atoms with Crippen LogP contribution in [0.25, 0.3) is 0 Å². The molecule has 0 aromatic heterocycles. The van der Waals surface area contributed by atoms with Crippen LogP contribution in [0.3, 0.4) is 0 Å². The Labute approximate surface area is 242 Å². The second-order valence-corrected chi connectivity index (χ2v) is 11.3. The molecule has 2 heteroatoms. The zero-order valence-electron chi connectivity index (χ0n) is 27.0. The molecule has 0 aliphatic carbocycles. The van der Waals surface area contributed by atoms with Crippen molar-refractivity contribution in [3.8, 4) is 0 Å². The van der Waals surface area contributed by atoms with Crippen LogP contribution in [0.4, 0.5) is 0 Å². The molecule has 0 N–H and O–H groups in total. The van der Waals surface area contributed by atoms with Crippen LogP contribution in [0.5, 0.6) is 0 Å². The number of methoxy groups -OCH3 is 2. The lowest BCUT2D eigenvalue weighted by Gasteiger charge is -2.38. The first-order valence-electron chi connectivity index (χ1n) is 14.6. The minimum atomic E-state index is 0.165. The van der Waals surface area contributed by atoms with E-state index < -0.39 is 0 Å². The summed E-state index contributed by atoms with van der Waals surface area (Å²) in [5, 5.41) is 0. The third-order valence-corrected chi connectivity index (χ3v) is 7.81. The molecule has 3 aromatic carbocycles. The van der Waals surface area contributed by atoms with Gasteiger partial charge >= 0.3 is 0 Å². The van der Waals surface area contributed by atoms with Gasteiger partial charge in [-0.1, -0.05) is 139 Å². The summed E-state index contributed by atoms with van der Waals surface area (Å²) in [6.45, 7) is 16.1. The van der Waals surface area contributed by atoms with Crippen LogP contribution in [-0.4, -0.2) is 28.4 Å². The van der Waals surface area contributed by atoms with Gasteiger partial charge in [0, 0.05) is 28.4 Å². The van der Waals surface area contributed by atoms with Gasteiger partial charge in [0.25, 0.3) is 0 Å². The van der Waals surface area contributed by atoms with Gasteiger partial charge in [-0.15, -0.1) is 0 Å². The molecule has 0 amide bonds. The number of ether oxygens (including phenoxy) is 2. The predicted octanol–water partition coefficient (Wildman–Crippen LogP) is 10.4. The Bertz CT molecular complexity index is 950. The smallest absolute Gasteiger partial charge is 0.0351 e. The van der Waals surface area contributed by atoms with Gasteiger partial charge in [-0.2, -0.15) is 0 Å². The molecule has 2 unspecified atom stereocenters.